The molecule has 3 rings (SSSR count). The van der Waals surface area contributed by atoms with Gasteiger partial charge in [-0.3, -0.25) is 0 Å². The number of thiophene rings is 1. The maximum absolute atomic E-state index is 2.30. The van der Waals surface area contributed by atoms with E-state index in [9.17, 15) is 0 Å². The molecule has 0 saturated heterocycles. The van der Waals surface area contributed by atoms with E-state index in [1.165, 1.54) is 15.9 Å². The first-order chi connectivity index (χ1) is 6.90. The molecule has 0 N–H and O–H groups in total. The van der Waals surface area contributed by atoms with Crippen LogP contribution >= 0.6 is 11.3 Å². The minimum absolute atomic E-state index is 1.03. The highest BCUT2D eigenvalue weighted by atomic mass is 32.1. The summed E-state index contributed by atoms with van der Waals surface area (Å²) in [4.78, 5) is 1.34. The maximum atomic E-state index is 2.30. The van der Waals surface area contributed by atoms with Crippen molar-refractivity contribution in [3.63, 3.8) is 0 Å². The molecule has 70 valence electrons. The lowest BCUT2D eigenvalue weighted by Gasteiger charge is -1.97. The number of fused-ring (bicyclic) bond motifs is 3. The zero-order valence-electron chi connectivity index (χ0n) is 7.97. The molecule has 0 aliphatic carbocycles. The fraction of sp³-hybridized carbons (Fsp3) is 0.182. The average molecular weight is 203 g/mol. The van der Waals surface area contributed by atoms with Crippen molar-refractivity contribution in [2.45, 2.75) is 13.5 Å². The molecule has 0 saturated carbocycles. The van der Waals surface area contributed by atoms with E-state index in [-0.39, 0.29) is 0 Å². The Morgan fingerprint density at radius 1 is 1.43 bits per heavy atom. The van der Waals surface area contributed by atoms with Crippen molar-refractivity contribution in [2.75, 3.05) is 0 Å². The average Bonchev–Trinajstić information content (AvgIpc) is 2.83. The van der Waals surface area contributed by atoms with Crippen LogP contribution in [-0.2, 0) is 6.54 Å². The minimum atomic E-state index is 1.03. The van der Waals surface area contributed by atoms with Crippen molar-refractivity contribution in [3.8, 4) is 0 Å². The maximum Gasteiger partial charge on any atom is 0.285 e. The van der Waals surface area contributed by atoms with E-state index in [4.69, 9.17) is 0 Å². The van der Waals surface area contributed by atoms with E-state index < -0.39 is 0 Å². The van der Waals surface area contributed by atoms with E-state index >= 15 is 0 Å². The van der Waals surface area contributed by atoms with E-state index in [1.807, 2.05) is 0 Å². The van der Waals surface area contributed by atoms with Gasteiger partial charge in [-0.15, -0.1) is 0 Å². The van der Waals surface area contributed by atoms with Crippen LogP contribution < -0.4 is 4.57 Å². The van der Waals surface area contributed by atoms with Gasteiger partial charge < -0.3 is 4.40 Å². The molecule has 2 nitrogen and oxygen atoms in total. The summed E-state index contributed by atoms with van der Waals surface area (Å²) >= 11 is 1.80. The SMILES string of the molecule is CC[n+]1cc2cccn2c2ccsc21. The highest BCUT2D eigenvalue weighted by molar-refractivity contribution is 7.16. The predicted octanol–water partition coefficient (Wildman–Crippen LogP) is 2.46. The molecule has 0 aliphatic heterocycles. The first kappa shape index (κ1) is 8.00. The van der Waals surface area contributed by atoms with Crippen LogP contribution in [0.2, 0.25) is 0 Å². The Kier molecular flexibility index (Phi) is 1.61. The Morgan fingerprint density at radius 3 is 3.21 bits per heavy atom. The molecule has 0 amide bonds. The van der Waals surface area contributed by atoms with Gasteiger partial charge in [0.2, 0.25) is 0 Å². The van der Waals surface area contributed by atoms with E-state index in [0.717, 1.165) is 6.54 Å². The second-order valence-electron chi connectivity index (χ2n) is 3.33. The molecule has 0 atom stereocenters. The highest BCUT2D eigenvalue weighted by Gasteiger charge is 2.12. The lowest BCUT2D eigenvalue weighted by atomic mass is 10.4. The summed E-state index contributed by atoms with van der Waals surface area (Å²) in [6, 6.07) is 6.41. The monoisotopic (exact) mass is 203 g/mol. The summed E-state index contributed by atoms with van der Waals surface area (Å²) < 4.78 is 4.54. The van der Waals surface area contributed by atoms with Crippen molar-refractivity contribution in [1.29, 1.82) is 0 Å². The van der Waals surface area contributed by atoms with Crippen LogP contribution in [-0.4, -0.2) is 4.40 Å². The van der Waals surface area contributed by atoms with Crippen molar-refractivity contribution in [1.82, 2.24) is 4.40 Å². The molecule has 3 aromatic heterocycles. The molecule has 0 aromatic carbocycles. The van der Waals surface area contributed by atoms with Gasteiger partial charge in [0.15, 0.2) is 6.20 Å². The van der Waals surface area contributed by atoms with E-state index in [1.54, 1.807) is 11.3 Å². The molecular weight excluding hydrogens is 192 g/mol. The quantitative estimate of drug-likeness (QED) is 0.537. The van der Waals surface area contributed by atoms with Crippen LogP contribution in [0.5, 0.6) is 0 Å². The topological polar surface area (TPSA) is 8.29 Å². The lowest BCUT2D eigenvalue weighted by molar-refractivity contribution is -0.664. The first-order valence-electron chi connectivity index (χ1n) is 4.77. The molecular formula is C11H11N2S+. The van der Waals surface area contributed by atoms with Crippen molar-refractivity contribution < 1.29 is 4.57 Å². The molecule has 0 unspecified atom stereocenters. The van der Waals surface area contributed by atoms with E-state index in [0.29, 0.717) is 0 Å². The molecule has 0 bridgehead atoms. The molecule has 0 radical (unpaired) electrons. The smallest absolute Gasteiger partial charge is 0.285 e. The molecule has 0 fully saturated rings. The number of aromatic nitrogens is 2. The lowest BCUT2D eigenvalue weighted by Crippen LogP contribution is -2.32. The molecule has 3 aromatic rings. The third kappa shape index (κ3) is 0.930. The largest absolute Gasteiger partial charge is 0.305 e. The first-order valence-corrected chi connectivity index (χ1v) is 5.65. The van der Waals surface area contributed by atoms with Crippen LogP contribution in [0.4, 0.5) is 0 Å². The summed E-state index contributed by atoms with van der Waals surface area (Å²) in [7, 11) is 0. The van der Waals surface area contributed by atoms with Crippen LogP contribution in [0.3, 0.4) is 0 Å². The Morgan fingerprint density at radius 2 is 2.36 bits per heavy atom. The summed E-state index contributed by atoms with van der Waals surface area (Å²) in [6.07, 6.45) is 4.32. The highest BCUT2D eigenvalue weighted by Crippen LogP contribution is 2.18. The standard InChI is InChI=1S/C11H11N2S/c1-2-12-8-9-4-3-6-13(9)10-5-7-14-11(10)12/h3-8H,2H2,1H3/q+1. The molecule has 0 aliphatic rings. The minimum Gasteiger partial charge on any atom is -0.305 e. The Hall–Kier alpha value is -1.35. The second-order valence-corrected chi connectivity index (χ2v) is 4.22. The fourth-order valence-corrected chi connectivity index (χ4v) is 2.79. The van der Waals surface area contributed by atoms with Crippen molar-refractivity contribution in [3.05, 3.63) is 36.0 Å². The zero-order valence-corrected chi connectivity index (χ0v) is 8.79. The van der Waals surface area contributed by atoms with Crippen molar-refractivity contribution in [2.24, 2.45) is 0 Å². The second kappa shape index (κ2) is 2.82. The van der Waals surface area contributed by atoms with Gasteiger partial charge in [-0.2, -0.15) is 4.57 Å². The van der Waals surface area contributed by atoms with Gasteiger partial charge in [-0.05, 0) is 30.5 Å². The normalized spacial score (nSPS) is 11.5. The summed E-state index contributed by atoms with van der Waals surface area (Å²) in [5.41, 5.74) is 2.57. The Balaban J connectivity index is 2.59. The number of hydrogen-bond donors (Lipinski definition) is 0. The Bertz CT molecular complexity index is 591. The zero-order chi connectivity index (χ0) is 9.54. The van der Waals surface area contributed by atoms with Gasteiger partial charge in [0, 0.05) is 6.20 Å². The van der Waals surface area contributed by atoms with Gasteiger partial charge in [-0.25, -0.2) is 0 Å². The Labute approximate surface area is 86.0 Å². The van der Waals surface area contributed by atoms with Gasteiger partial charge in [-0.1, -0.05) is 11.3 Å². The third-order valence-corrected chi connectivity index (χ3v) is 3.49. The van der Waals surface area contributed by atoms with Crippen LogP contribution in [0.15, 0.2) is 36.0 Å². The van der Waals surface area contributed by atoms with Gasteiger partial charge in [0.05, 0.1) is 0 Å². The van der Waals surface area contributed by atoms with Gasteiger partial charge >= 0.3 is 0 Å². The van der Waals surface area contributed by atoms with E-state index in [2.05, 4.69) is 51.9 Å². The van der Waals surface area contributed by atoms with Gasteiger partial charge in [0.25, 0.3) is 4.83 Å². The summed E-state index contributed by atoms with van der Waals surface area (Å²) in [6.45, 7) is 3.21. The summed E-state index contributed by atoms with van der Waals surface area (Å²) in [5.74, 6) is 0. The van der Waals surface area contributed by atoms with Crippen LogP contribution in [0.25, 0.3) is 15.9 Å². The molecule has 14 heavy (non-hydrogen) atoms. The van der Waals surface area contributed by atoms with Crippen LogP contribution in [0, 0.1) is 0 Å². The fourth-order valence-electron chi connectivity index (χ4n) is 1.86. The molecule has 3 heteroatoms. The summed E-state index contributed by atoms with van der Waals surface area (Å²) in [5, 5.41) is 2.15. The molecule has 0 spiro atoms. The molecule has 3 heterocycles. The number of rotatable bonds is 1. The number of aryl methyl sites for hydroxylation is 1. The van der Waals surface area contributed by atoms with Crippen LogP contribution in [0.1, 0.15) is 6.92 Å². The number of nitrogens with zero attached hydrogens (tertiary/aromatic N) is 2. The predicted molar refractivity (Wildman–Crippen MR) is 58.6 cm³/mol. The number of hydrogen-bond acceptors (Lipinski definition) is 1. The van der Waals surface area contributed by atoms with Gasteiger partial charge in [0.1, 0.15) is 17.6 Å². The van der Waals surface area contributed by atoms with Crippen molar-refractivity contribution >= 4 is 27.2 Å². The third-order valence-electron chi connectivity index (χ3n) is 2.55.